The lowest BCUT2D eigenvalue weighted by molar-refractivity contribution is -0.126. The van der Waals surface area contributed by atoms with Gasteiger partial charge in [0.2, 0.25) is 5.91 Å². The third kappa shape index (κ3) is 3.95. The number of hydrogen-bond acceptors (Lipinski definition) is 3. The number of carbonyl (C=O) groups excluding carboxylic acids is 1. The van der Waals surface area contributed by atoms with Crippen molar-refractivity contribution in [3.05, 3.63) is 0 Å². The van der Waals surface area contributed by atoms with Crippen molar-refractivity contribution in [2.75, 3.05) is 39.8 Å². The molecule has 2 aliphatic heterocycles. The van der Waals surface area contributed by atoms with E-state index in [9.17, 15) is 4.79 Å². The van der Waals surface area contributed by atoms with Gasteiger partial charge in [0, 0.05) is 13.6 Å². The zero-order chi connectivity index (χ0) is 12.8. The summed E-state index contributed by atoms with van der Waals surface area (Å²) in [6, 6.07) is 0. The largest absolute Gasteiger partial charge is 0.359 e. The van der Waals surface area contributed by atoms with Crippen LogP contribution in [0.15, 0.2) is 0 Å². The minimum Gasteiger partial charge on any atom is -0.359 e. The highest BCUT2D eigenvalue weighted by atomic mass is 16.1. The van der Waals surface area contributed by atoms with Crippen LogP contribution in [0.5, 0.6) is 0 Å². The molecule has 0 radical (unpaired) electrons. The highest BCUT2D eigenvalue weighted by molar-refractivity contribution is 5.78. The van der Waals surface area contributed by atoms with Gasteiger partial charge in [0.1, 0.15) is 0 Å². The topological polar surface area (TPSA) is 44.4 Å². The number of likely N-dealkylation sites (tertiary alicyclic amines) is 1. The van der Waals surface area contributed by atoms with Crippen molar-refractivity contribution >= 4 is 5.91 Å². The first kappa shape index (κ1) is 13.8. The lowest BCUT2D eigenvalue weighted by Gasteiger charge is -2.33. The van der Waals surface area contributed by atoms with Gasteiger partial charge >= 0.3 is 0 Å². The second-order valence-corrected chi connectivity index (χ2v) is 5.74. The lowest BCUT2D eigenvalue weighted by atomic mass is 9.93. The van der Waals surface area contributed by atoms with Crippen molar-refractivity contribution in [3.63, 3.8) is 0 Å². The van der Waals surface area contributed by atoms with Gasteiger partial charge < -0.3 is 15.5 Å². The maximum absolute atomic E-state index is 11.7. The maximum Gasteiger partial charge on any atom is 0.224 e. The molecule has 0 aromatic carbocycles. The average molecular weight is 253 g/mol. The zero-order valence-corrected chi connectivity index (χ0v) is 11.6. The summed E-state index contributed by atoms with van der Waals surface area (Å²) < 4.78 is 0. The molecule has 2 fully saturated rings. The Bertz CT molecular complexity index is 264. The molecule has 0 saturated carbocycles. The fraction of sp³-hybridized carbons (Fsp3) is 0.929. The minimum absolute atomic E-state index is 0.219. The van der Waals surface area contributed by atoms with E-state index in [1.165, 1.54) is 51.9 Å². The van der Waals surface area contributed by atoms with E-state index < -0.39 is 0 Å². The van der Waals surface area contributed by atoms with Gasteiger partial charge in [-0.15, -0.1) is 0 Å². The minimum atomic E-state index is 0.219. The molecule has 2 aliphatic rings. The summed E-state index contributed by atoms with van der Waals surface area (Å²) in [6.07, 6.45) is 6.19. The lowest BCUT2D eigenvalue weighted by Crippen LogP contribution is -2.43. The Morgan fingerprint density at radius 2 is 2.11 bits per heavy atom. The summed E-state index contributed by atoms with van der Waals surface area (Å²) in [6.45, 7) is 5.69. The number of nitrogens with one attached hydrogen (secondary N) is 2. The summed E-state index contributed by atoms with van der Waals surface area (Å²) in [4.78, 5) is 14.2. The van der Waals surface area contributed by atoms with Gasteiger partial charge in [-0.1, -0.05) is 0 Å². The summed E-state index contributed by atoms with van der Waals surface area (Å²) in [5, 5.41) is 6.20. The highest BCUT2D eigenvalue weighted by Gasteiger charge is 2.25. The quantitative estimate of drug-likeness (QED) is 0.780. The molecule has 1 atom stereocenters. The van der Waals surface area contributed by atoms with Gasteiger partial charge in [-0.25, -0.2) is 0 Å². The molecular formula is C14H27N3O. The molecule has 0 spiro atoms. The third-order valence-electron chi connectivity index (χ3n) is 4.44. The van der Waals surface area contributed by atoms with Gasteiger partial charge in [0.05, 0.1) is 5.92 Å². The molecule has 4 heteroatoms. The normalized spacial score (nSPS) is 27.1. The van der Waals surface area contributed by atoms with E-state index in [4.69, 9.17) is 0 Å². The van der Waals surface area contributed by atoms with Crippen LogP contribution in [0, 0.1) is 11.8 Å². The molecule has 0 aromatic rings. The number of piperidine rings is 2. The van der Waals surface area contributed by atoms with Crippen molar-refractivity contribution in [1.29, 1.82) is 0 Å². The molecular weight excluding hydrogens is 226 g/mol. The van der Waals surface area contributed by atoms with Crippen molar-refractivity contribution in [2.45, 2.75) is 32.1 Å². The number of amides is 1. The van der Waals surface area contributed by atoms with Gasteiger partial charge in [-0.3, -0.25) is 4.79 Å². The summed E-state index contributed by atoms with van der Waals surface area (Å²) in [7, 11) is 1.75. The van der Waals surface area contributed by atoms with E-state index in [2.05, 4.69) is 15.5 Å². The van der Waals surface area contributed by atoms with Crippen molar-refractivity contribution < 1.29 is 4.79 Å². The molecule has 1 unspecified atom stereocenters. The van der Waals surface area contributed by atoms with Crippen molar-refractivity contribution in [3.8, 4) is 0 Å². The van der Waals surface area contributed by atoms with Gasteiger partial charge in [-0.2, -0.15) is 0 Å². The van der Waals surface area contributed by atoms with Crippen LogP contribution in [0.3, 0.4) is 0 Å². The third-order valence-corrected chi connectivity index (χ3v) is 4.44. The molecule has 1 amide bonds. The molecule has 4 nitrogen and oxygen atoms in total. The first-order valence-corrected chi connectivity index (χ1v) is 7.44. The van der Waals surface area contributed by atoms with Crippen LogP contribution in [0.2, 0.25) is 0 Å². The predicted octanol–water partition coefficient (Wildman–Crippen LogP) is 0.834. The van der Waals surface area contributed by atoms with Gasteiger partial charge in [-0.05, 0) is 64.2 Å². The van der Waals surface area contributed by atoms with Crippen LogP contribution in [-0.2, 0) is 4.79 Å². The van der Waals surface area contributed by atoms with Crippen LogP contribution < -0.4 is 10.6 Å². The second-order valence-electron chi connectivity index (χ2n) is 5.74. The molecule has 104 valence electrons. The van der Waals surface area contributed by atoms with Crippen LogP contribution in [0.4, 0.5) is 0 Å². The Hall–Kier alpha value is -0.610. The number of nitrogens with zero attached hydrogens (tertiary/aromatic N) is 1. The molecule has 2 N–H and O–H groups in total. The van der Waals surface area contributed by atoms with E-state index in [0.717, 1.165) is 18.9 Å². The van der Waals surface area contributed by atoms with E-state index in [1.54, 1.807) is 7.05 Å². The van der Waals surface area contributed by atoms with Crippen LogP contribution in [0.25, 0.3) is 0 Å². The molecule has 18 heavy (non-hydrogen) atoms. The summed E-state index contributed by atoms with van der Waals surface area (Å²) in [5.41, 5.74) is 0. The molecule has 0 aliphatic carbocycles. The molecule has 2 heterocycles. The van der Waals surface area contributed by atoms with Gasteiger partial charge in [0.15, 0.2) is 0 Å². The zero-order valence-electron chi connectivity index (χ0n) is 11.6. The van der Waals surface area contributed by atoms with Crippen LogP contribution in [-0.4, -0.2) is 50.6 Å². The van der Waals surface area contributed by atoms with E-state index in [-0.39, 0.29) is 11.8 Å². The van der Waals surface area contributed by atoms with E-state index in [0.29, 0.717) is 0 Å². The standard InChI is InChI=1S/C14H27N3O/c1-15-14(18)13-3-2-9-17(11-13)10-6-12-4-7-16-8-5-12/h12-13,16H,2-11H2,1H3,(H,15,18). The first-order valence-electron chi connectivity index (χ1n) is 7.44. The fourth-order valence-corrected chi connectivity index (χ4v) is 3.21. The summed E-state index contributed by atoms with van der Waals surface area (Å²) in [5.74, 6) is 1.34. The van der Waals surface area contributed by atoms with Crippen molar-refractivity contribution in [1.82, 2.24) is 15.5 Å². The smallest absolute Gasteiger partial charge is 0.224 e. The van der Waals surface area contributed by atoms with Crippen LogP contribution >= 0.6 is 0 Å². The Morgan fingerprint density at radius 1 is 1.33 bits per heavy atom. The monoisotopic (exact) mass is 253 g/mol. The Morgan fingerprint density at radius 3 is 2.83 bits per heavy atom. The molecule has 2 saturated heterocycles. The van der Waals surface area contributed by atoms with E-state index >= 15 is 0 Å². The number of carbonyl (C=O) groups is 1. The van der Waals surface area contributed by atoms with Crippen molar-refractivity contribution in [2.24, 2.45) is 11.8 Å². The number of hydrogen-bond donors (Lipinski definition) is 2. The average Bonchev–Trinajstić information content (AvgIpc) is 2.45. The van der Waals surface area contributed by atoms with Gasteiger partial charge in [0.25, 0.3) is 0 Å². The van der Waals surface area contributed by atoms with Crippen LogP contribution in [0.1, 0.15) is 32.1 Å². The Labute approximate surface area is 110 Å². The number of rotatable bonds is 4. The maximum atomic E-state index is 11.7. The Kier molecular flexibility index (Phi) is 5.45. The SMILES string of the molecule is CNC(=O)C1CCCN(CCC2CCNCC2)C1. The predicted molar refractivity (Wildman–Crippen MR) is 73.4 cm³/mol. The first-order chi connectivity index (χ1) is 8.79. The molecule has 0 bridgehead atoms. The molecule has 0 aromatic heterocycles. The Balaban J connectivity index is 1.70. The summed E-state index contributed by atoms with van der Waals surface area (Å²) >= 11 is 0. The molecule has 2 rings (SSSR count). The second kappa shape index (κ2) is 7.10. The van der Waals surface area contributed by atoms with E-state index in [1.807, 2.05) is 0 Å². The highest BCUT2D eigenvalue weighted by Crippen LogP contribution is 2.20. The fourth-order valence-electron chi connectivity index (χ4n) is 3.21.